The molecule has 0 aromatic heterocycles. The van der Waals surface area contributed by atoms with Gasteiger partial charge >= 0.3 is 5.97 Å². The molecule has 6 heteroatoms. The highest BCUT2D eigenvalue weighted by Gasteiger charge is 2.41. The molecule has 0 aliphatic heterocycles. The number of Topliss-reactive ketones (excluding diaryl/α,β-unsaturated/α-hetero) is 1. The molecule has 0 bridgehead atoms. The molecule has 0 saturated heterocycles. The highest BCUT2D eigenvalue weighted by Crippen LogP contribution is 2.40. The maximum absolute atomic E-state index is 12.2. The van der Waals surface area contributed by atoms with Crippen LogP contribution in [-0.2, 0) is 20.0 Å². The Kier molecular flexibility index (Phi) is 4.51. The van der Waals surface area contributed by atoms with Crippen LogP contribution >= 0.6 is 0 Å². The lowest BCUT2D eigenvalue weighted by Crippen LogP contribution is -2.37. The lowest BCUT2D eigenvalue weighted by atomic mass is 9.69. The molecule has 0 radical (unpaired) electrons. The number of sulfone groups is 1. The highest BCUT2D eigenvalue weighted by atomic mass is 32.2. The van der Waals surface area contributed by atoms with E-state index in [0.29, 0.717) is 36.8 Å². The second kappa shape index (κ2) is 6.31. The topological polar surface area (TPSA) is 88.5 Å². The minimum atomic E-state index is -3.33. The Balaban J connectivity index is 1.79. The van der Waals surface area contributed by atoms with Crippen molar-refractivity contribution in [1.82, 2.24) is 0 Å². The van der Waals surface area contributed by atoms with Crippen molar-refractivity contribution in [1.29, 1.82) is 0 Å². The summed E-state index contributed by atoms with van der Waals surface area (Å²) in [5, 5.41) is 9.35. The fourth-order valence-electron chi connectivity index (χ4n) is 3.57. The van der Waals surface area contributed by atoms with E-state index in [1.165, 1.54) is 0 Å². The summed E-state index contributed by atoms with van der Waals surface area (Å²) in [6, 6.07) is 6.49. The number of carboxylic acids is 1. The van der Waals surface area contributed by atoms with Crippen LogP contribution in [0, 0.1) is 0 Å². The van der Waals surface area contributed by atoms with Crippen molar-refractivity contribution in [3.8, 4) is 0 Å². The first kappa shape index (κ1) is 17.1. The SMILES string of the molecule is O=C(CS(=O)(=O)C1CC1)c1ccc(C2(C(=O)O)CCCCC2)cc1. The van der Waals surface area contributed by atoms with E-state index in [1.807, 2.05) is 0 Å². The van der Waals surface area contributed by atoms with E-state index in [9.17, 15) is 23.1 Å². The predicted molar refractivity (Wildman–Crippen MR) is 90.0 cm³/mol. The standard InChI is InChI=1S/C18H22O5S/c19-16(12-24(22,23)15-8-9-15)13-4-6-14(7-5-13)18(17(20)21)10-2-1-3-11-18/h4-7,15H,1-3,8-12H2,(H,20,21). The lowest BCUT2D eigenvalue weighted by molar-refractivity contribution is -0.145. The molecular weight excluding hydrogens is 328 g/mol. The number of aliphatic carboxylic acids is 1. The second-order valence-corrected chi connectivity index (χ2v) is 9.24. The van der Waals surface area contributed by atoms with Gasteiger partial charge in [-0.1, -0.05) is 43.5 Å². The van der Waals surface area contributed by atoms with Crippen LogP contribution in [0.1, 0.15) is 60.9 Å². The number of carboxylic acid groups (broad SMARTS) is 1. The van der Waals surface area contributed by atoms with Crippen molar-refractivity contribution in [2.75, 3.05) is 5.75 Å². The molecule has 1 N–H and O–H groups in total. The molecule has 2 aliphatic rings. The highest BCUT2D eigenvalue weighted by molar-refractivity contribution is 7.93. The van der Waals surface area contributed by atoms with E-state index in [4.69, 9.17) is 0 Å². The number of carbonyl (C=O) groups is 2. The van der Waals surface area contributed by atoms with Gasteiger partial charge in [-0.05, 0) is 31.2 Å². The first-order valence-corrected chi connectivity index (χ1v) is 10.2. The number of hydrogen-bond donors (Lipinski definition) is 1. The molecule has 2 saturated carbocycles. The van der Waals surface area contributed by atoms with Crippen LogP contribution < -0.4 is 0 Å². The van der Waals surface area contributed by atoms with Gasteiger partial charge in [0, 0.05) is 5.56 Å². The van der Waals surface area contributed by atoms with Gasteiger partial charge in [-0.15, -0.1) is 0 Å². The minimum Gasteiger partial charge on any atom is -0.481 e. The van der Waals surface area contributed by atoms with Crippen molar-refractivity contribution in [3.05, 3.63) is 35.4 Å². The fourth-order valence-corrected chi connectivity index (χ4v) is 5.19. The quantitative estimate of drug-likeness (QED) is 0.797. The third-order valence-corrected chi connectivity index (χ3v) is 7.39. The molecule has 0 heterocycles. The lowest BCUT2D eigenvalue weighted by Gasteiger charge is -2.33. The van der Waals surface area contributed by atoms with Crippen molar-refractivity contribution in [2.45, 2.75) is 55.6 Å². The summed E-state index contributed by atoms with van der Waals surface area (Å²) in [4.78, 5) is 24.0. The van der Waals surface area contributed by atoms with Crippen molar-refractivity contribution < 1.29 is 23.1 Å². The van der Waals surface area contributed by atoms with E-state index in [0.717, 1.165) is 19.3 Å². The van der Waals surface area contributed by atoms with E-state index in [2.05, 4.69) is 0 Å². The first-order chi connectivity index (χ1) is 11.3. The van der Waals surface area contributed by atoms with Gasteiger partial charge in [-0.2, -0.15) is 0 Å². The molecule has 2 fully saturated rings. The Morgan fingerprint density at radius 1 is 1.04 bits per heavy atom. The molecule has 0 amide bonds. The maximum atomic E-state index is 12.2. The third kappa shape index (κ3) is 3.24. The summed E-state index contributed by atoms with van der Waals surface area (Å²) < 4.78 is 23.9. The van der Waals surface area contributed by atoms with Crippen LogP contribution in [0.2, 0.25) is 0 Å². The van der Waals surface area contributed by atoms with Gasteiger partial charge in [0.25, 0.3) is 0 Å². The number of carbonyl (C=O) groups excluding carboxylic acids is 1. The summed E-state index contributed by atoms with van der Waals surface area (Å²) in [5.41, 5.74) is 0.163. The molecule has 1 aromatic rings. The summed E-state index contributed by atoms with van der Waals surface area (Å²) in [7, 11) is -3.33. The Morgan fingerprint density at radius 3 is 2.12 bits per heavy atom. The van der Waals surface area contributed by atoms with Crippen LogP contribution in [0.25, 0.3) is 0 Å². The van der Waals surface area contributed by atoms with E-state index in [1.54, 1.807) is 24.3 Å². The molecule has 1 aromatic carbocycles. The zero-order valence-corrected chi connectivity index (χ0v) is 14.3. The third-order valence-electron chi connectivity index (χ3n) is 5.24. The average molecular weight is 350 g/mol. The molecule has 24 heavy (non-hydrogen) atoms. The summed E-state index contributed by atoms with van der Waals surface area (Å²) in [6.45, 7) is 0. The van der Waals surface area contributed by atoms with Crippen LogP contribution in [0.3, 0.4) is 0 Å². The molecule has 5 nitrogen and oxygen atoms in total. The molecule has 130 valence electrons. The average Bonchev–Trinajstić information content (AvgIpc) is 3.40. The van der Waals surface area contributed by atoms with Gasteiger partial charge < -0.3 is 5.11 Å². The number of benzene rings is 1. The molecule has 3 rings (SSSR count). The number of rotatable bonds is 6. The fraction of sp³-hybridized carbons (Fsp3) is 0.556. The zero-order chi connectivity index (χ0) is 17.4. The van der Waals surface area contributed by atoms with E-state index in [-0.39, 0.29) is 5.25 Å². The van der Waals surface area contributed by atoms with Crippen LogP contribution in [0.5, 0.6) is 0 Å². The predicted octanol–water partition coefficient (Wildman–Crippen LogP) is 2.73. The number of ketones is 1. The second-order valence-electron chi connectivity index (χ2n) is 6.96. The molecular formula is C18H22O5S. The Hall–Kier alpha value is -1.69. The van der Waals surface area contributed by atoms with Crippen molar-refractivity contribution in [3.63, 3.8) is 0 Å². The van der Waals surface area contributed by atoms with Gasteiger partial charge in [-0.25, -0.2) is 8.42 Å². The Morgan fingerprint density at radius 2 is 1.62 bits per heavy atom. The van der Waals surface area contributed by atoms with Crippen molar-refractivity contribution >= 4 is 21.6 Å². The smallest absolute Gasteiger partial charge is 0.314 e. The summed E-state index contributed by atoms with van der Waals surface area (Å²) in [5.74, 6) is -1.69. The van der Waals surface area contributed by atoms with Gasteiger partial charge in [0.2, 0.25) is 0 Å². The molecule has 0 atom stereocenters. The van der Waals surface area contributed by atoms with Gasteiger partial charge in [0.1, 0.15) is 5.75 Å². The van der Waals surface area contributed by atoms with Gasteiger partial charge in [0.15, 0.2) is 15.6 Å². The Bertz CT molecular complexity index is 738. The number of hydrogen-bond acceptors (Lipinski definition) is 4. The first-order valence-electron chi connectivity index (χ1n) is 8.44. The van der Waals surface area contributed by atoms with Crippen LogP contribution in [0.4, 0.5) is 0 Å². The maximum Gasteiger partial charge on any atom is 0.314 e. The van der Waals surface area contributed by atoms with Gasteiger partial charge in [-0.3, -0.25) is 9.59 Å². The van der Waals surface area contributed by atoms with E-state index >= 15 is 0 Å². The van der Waals surface area contributed by atoms with Crippen LogP contribution in [0.15, 0.2) is 24.3 Å². The molecule has 0 spiro atoms. The van der Waals surface area contributed by atoms with Crippen molar-refractivity contribution in [2.24, 2.45) is 0 Å². The monoisotopic (exact) mass is 350 g/mol. The van der Waals surface area contributed by atoms with Crippen LogP contribution in [-0.4, -0.2) is 36.3 Å². The summed E-state index contributed by atoms with van der Waals surface area (Å²) in [6.07, 6.45) is 5.31. The molecule has 0 unspecified atom stereocenters. The largest absolute Gasteiger partial charge is 0.481 e. The zero-order valence-electron chi connectivity index (χ0n) is 13.5. The Labute approximate surface area is 142 Å². The summed E-state index contributed by atoms with van der Waals surface area (Å²) >= 11 is 0. The van der Waals surface area contributed by atoms with Gasteiger partial charge in [0.05, 0.1) is 10.7 Å². The molecule has 2 aliphatic carbocycles. The minimum absolute atomic E-state index is 0.333. The normalized spacial score (nSPS) is 20.5. The van der Waals surface area contributed by atoms with E-state index < -0.39 is 32.8 Å².